The smallest absolute Gasteiger partial charge is 0.296 e. The van der Waals surface area contributed by atoms with E-state index in [1.165, 1.54) is 18.2 Å². The zero-order valence-corrected chi connectivity index (χ0v) is 27.7. The first-order chi connectivity index (χ1) is 23.5. The number of rotatable bonds is 9. The molecule has 0 aliphatic rings. The lowest BCUT2D eigenvalue weighted by molar-refractivity contribution is -0.538. The standard InChI is InChI=1S/C35H25ClN4O7S2/c36-21-47-25-14-7-11-23(17-25)38-28-18-30-27(20-33(28)49(44,45)46)39-35-26-15-8-16-32(48(41,42)43)34(26)29(37-22-9-3-1-4-10-22)19-31(35)40(30)24-12-5-2-6-13-24/h1-20H,21H2,(H3,37,38,41,42,43,44,45,46)/p+1. The number of ether oxygens (including phenoxy) is 1. The Morgan fingerprint density at radius 3 is 2.00 bits per heavy atom. The number of nitrogens with zero attached hydrogens (tertiary/aromatic N) is 2. The molecule has 0 aliphatic heterocycles. The van der Waals surface area contributed by atoms with Gasteiger partial charge in [0.05, 0.1) is 11.4 Å². The Morgan fingerprint density at radius 2 is 1.31 bits per heavy atom. The van der Waals surface area contributed by atoms with Crippen molar-refractivity contribution in [3.05, 3.63) is 121 Å². The fraction of sp³-hybridized carbons (Fsp3) is 0.0286. The van der Waals surface area contributed by atoms with E-state index >= 15 is 0 Å². The average molecular weight is 714 g/mol. The first-order valence-corrected chi connectivity index (χ1v) is 18.1. The molecule has 0 unspecified atom stereocenters. The van der Waals surface area contributed by atoms with Crippen molar-refractivity contribution < 1.29 is 35.2 Å². The van der Waals surface area contributed by atoms with Crippen molar-refractivity contribution in [3.8, 4) is 11.4 Å². The van der Waals surface area contributed by atoms with Gasteiger partial charge in [0, 0.05) is 52.5 Å². The third-order valence-electron chi connectivity index (χ3n) is 7.82. The van der Waals surface area contributed by atoms with Gasteiger partial charge in [0.2, 0.25) is 16.7 Å². The van der Waals surface area contributed by atoms with Crippen molar-refractivity contribution in [2.75, 3.05) is 16.7 Å². The quantitative estimate of drug-likeness (QED) is 0.0391. The summed E-state index contributed by atoms with van der Waals surface area (Å²) in [6, 6.07) is 34.0. The topological polar surface area (TPSA) is 159 Å². The molecule has 7 rings (SSSR count). The van der Waals surface area contributed by atoms with E-state index in [0.717, 1.165) is 0 Å². The van der Waals surface area contributed by atoms with E-state index in [1.807, 2.05) is 65.2 Å². The summed E-state index contributed by atoms with van der Waals surface area (Å²) in [6.07, 6.45) is 0. The molecule has 11 nitrogen and oxygen atoms in total. The Morgan fingerprint density at radius 1 is 0.673 bits per heavy atom. The van der Waals surface area contributed by atoms with Crippen LogP contribution in [0.3, 0.4) is 0 Å². The minimum absolute atomic E-state index is 0.0564. The molecule has 1 heterocycles. The van der Waals surface area contributed by atoms with E-state index < -0.39 is 25.1 Å². The molecule has 0 atom stereocenters. The molecule has 14 heteroatoms. The maximum atomic E-state index is 12.8. The minimum Gasteiger partial charge on any atom is -0.478 e. The van der Waals surface area contributed by atoms with Crippen LogP contribution in [-0.4, -0.2) is 37.0 Å². The fourth-order valence-electron chi connectivity index (χ4n) is 5.82. The van der Waals surface area contributed by atoms with Crippen molar-refractivity contribution >= 4 is 87.4 Å². The Kier molecular flexibility index (Phi) is 8.30. The van der Waals surface area contributed by atoms with Crippen molar-refractivity contribution in [2.45, 2.75) is 9.79 Å². The highest BCUT2D eigenvalue weighted by Gasteiger charge is 2.28. The monoisotopic (exact) mass is 713 g/mol. The van der Waals surface area contributed by atoms with E-state index in [4.69, 9.17) is 21.3 Å². The van der Waals surface area contributed by atoms with Crippen LogP contribution in [0.4, 0.5) is 22.7 Å². The number of fused-ring (bicyclic) bond motifs is 4. The normalized spacial score (nSPS) is 12.0. The van der Waals surface area contributed by atoms with E-state index in [-0.39, 0.29) is 27.6 Å². The number of aromatic nitrogens is 2. The zero-order chi connectivity index (χ0) is 34.3. The number of para-hydroxylation sites is 2. The first-order valence-electron chi connectivity index (χ1n) is 14.7. The molecule has 7 aromatic rings. The molecule has 6 aromatic carbocycles. The van der Waals surface area contributed by atoms with E-state index in [1.54, 1.807) is 42.5 Å². The summed E-state index contributed by atoms with van der Waals surface area (Å²) in [5, 5.41) is 6.93. The summed E-state index contributed by atoms with van der Waals surface area (Å²) < 4.78 is 78.8. The van der Waals surface area contributed by atoms with Crippen molar-refractivity contribution in [1.29, 1.82) is 0 Å². The van der Waals surface area contributed by atoms with Crippen molar-refractivity contribution in [1.82, 2.24) is 4.98 Å². The van der Waals surface area contributed by atoms with Crippen molar-refractivity contribution in [3.63, 3.8) is 0 Å². The van der Waals surface area contributed by atoms with Crippen LogP contribution in [0.2, 0.25) is 0 Å². The fourth-order valence-corrected chi connectivity index (χ4v) is 7.33. The van der Waals surface area contributed by atoms with Gasteiger partial charge in [-0.15, -0.1) is 4.57 Å². The summed E-state index contributed by atoms with van der Waals surface area (Å²) >= 11 is 5.73. The molecule has 0 fully saturated rings. The maximum absolute atomic E-state index is 12.8. The molecule has 1 aromatic heterocycles. The molecule has 4 N–H and O–H groups in total. The Bertz CT molecular complexity index is 2630. The van der Waals surface area contributed by atoms with Crippen LogP contribution in [-0.2, 0) is 20.2 Å². The van der Waals surface area contributed by atoms with Crippen LogP contribution >= 0.6 is 11.6 Å². The number of hydrogen-bond donors (Lipinski definition) is 4. The molecule has 49 heavy (non-hydrogen) atoms. The summed E-state index contributed by atoms with van der Waals surface area (Å²) in [5.41, 5.74) is 3.71. The molecule has 0 bridgehead atoms. The van der Waals surface area contributed by atoms with Crippen LogP contribution in [0.1, 0.15) is 0 Å². The van der Waals surface area contributed by atoms with Crippen LogP contribution in [0, 0.1) is 0 Å². The molecular weight excluding hydrogens is 688 g/mol. The number of nitrogens with one attached hydrogen (secondary N) is 2. The van der Waals surface area contributed by atoms with Gasteiger partial charge in [-0.3, -0.25) is 9.11 Å². The summed E-state index contributed by atoms with van der Waals surface area (Å²) in [4.78, 5) is 4.08. The lowest BCUT2D eigenvalue weighted by Gasteiger charge is -2.16. The molecule has 246 valence electrons. The highest BCUT2D eigenvalue weighted by Crippen LogP contribution is 2.38. The van der Waals surface area contributed by atoms with Crippen LogP contribution in [0.25, 0.3) is 38.5 Å². The van der Waals surface area contributed by atoms with Gasteiger partial charge in [0.15, 0.2) is 6.07 Å². The van der Waals surface area contributed by atoms with Crippen LogP contribution in [0.15, 0.2) is 131 Å². The molecule has 0 saturated heterocycles. The summed E-state index contributed by atoms with van der Waals surface area (Å²) in [6.45, 7) is 0. The summed E-state index contributed by atoms with van der Waals surface area (Å²) in [7, 11) is -9.49. The molecule has 0 radical (unpaired) electrons. The lowest BCUT2D eigenvalue weighted by atomic mass is 10.0. The summed E-state index contributed by atoms with van der Waals surface area (Å²) in [5.74, 6) is 0.441. The third kappa shape index (κ3) is 6.33. The van der Waals surface area contributed by atoms with E-state index in [2.05, 4.69) is 10.6 Å². The van der Waals surface area contributed by atoms with Crippen LogP contribution in [0.5, 0.6) is 5.75 Å². The van der Waals surface area contributed by atoms with Crippen LogP contribution < -0.4 is 19.9 Å². The number of benzene rings is 6. The predicted molar refractivity (Wildman–Crippen MR) is 189 cm³/mol. The Balaban J connectivity index is 1.61. The van der Waals surface area contributed by atoms with Gasteiger partial charge in [0.25, 0.3) is 20.2 Å². The second-order valence-corrected chi connectivity index (χ2v) is 13.9. The number of anilines is 4. The highest BCUT2D eigenvalue weighted by atomic mass is 35.5. The van der Waals surface area contributed by atoms with Gasteiger partial charge in [-0.05, 0) is 36.4 Å². The van der Waals surface area contributed by atoms with Gasteiger partial charge < -0.3 is 15.4 Å². The molecule has 0 amide bonds. The average Bonchev–Trinajstić information content (AvgIpc) is 3.07. The van der Waals surface area contributed by atoms with E-state index in [9.17, 15) is 25.9 Å². The third-order valence-corrected chi connectivity index (χ3v) is 9.72. The predicted octanol–water partition coefficient (Wildman–Crippen LogP) is 7.37. The first kappa shape index (κ1) is 32.2. The van der Waals surface area contributed by atoms with Gasteiger partial charge in [-0.2, -0.15) is 16.8 Å². The second kappa shape index (κ2) is 12.6. The van der Waals surface area contributed by atoms with Gasteiger partial charge in [-0.25, -0.2) is 4.98 Å². The van der Waals surface area contributed by atoms with E-state index in [0.29, 0.717) is 50.4 Å². The number of halogens is 1. The highest BCUT2D eigenvalue weighted by molar-refractivity contribution is 7.86. The molecular formula is C35H26ClN4O7S2+. The van der Waals surface area contributed by atoms with Gasteiger partial charge in [0.1, 0.15) is 26.6 Å². The minimum atomic E-state index is -4.79. The maximum Gasteiger partial charge on any atom is 0.296 e. The largest absolute Gasteiger partial charge is 0.478 e. The molecule has 0 saturated carbocycles. The SMILES string of the molecule is O=S(=O)(O)c1cc2nc3c4cccc(S(=O)(=O)O)c4c(Nc4ccccc4)cc3[n+](-c3ccccc3)c2cc1Nc1cccc(OCCl)c1. The molecule has 0 spiro atoms. The number of alkyl halides is 1. The second-order valence-electron chi connectivity index (χ2n) is 10.9. The Labute approximate surface area is 285 Å². The van der Waals surface area contributed by atoms with Crippen molar-refractivity contribution in [2.24, 2.45) is 0 Å². The lowest BCUT2D eigenvalue weighted by Crippen LogP contribution is -2.33. The van der Waals surface area contributed by atoms with Gasteiger partial charge >= 0.3 is 0 Å². The molecule has 0 aliphatic carbocycles. The zero-order valence-electron chi connectivity index (χ0n) is 25.3. The van der Waals surface area contributed by atoms with Gasteiger partial charge in [-0.1, -0.05) is 66.2 Å². The number of hydrogen-bond acceptors (Lipinski definition) is 8. The Hall–Kier alpha value is -5.31.